The molecule has 0 spiro atoms. The number of rotatable bonds is 5. The molecule has 0 fully saturated rings. The van der Waals surface area contributed by atoms with Crippen LogP contribution in [0.5, 0.6) is 0 Å². The van der Waals surface area contributed by atoms with Gasteiger partial charge in [-0.3, -0.25) is 9.78 Å². The van der Waals surface area contributed by atoms with Gasteiger partial charge in [0.1, 0.15) is 0 Å². The Morgan fingerprint density at radius 1 is 1.25 bits per heavy atom. The molecule has 0 saturated carbocycles. The Kier molecular flexibility index (Phi) is 4.71. The minimum atomic E-state index is -0.116. The fourth-order valence-corrected chi connectivity index (χ4v) is 1.92. The molecule has 1 amide bonds. The van der Waals surface area contributed by atoms with E-state index in [4.69, 9.17) is 0 Å². The van der Waals surface area contributed by atoms with E-state index in [0.717, 1.165) is 30.0 Å². The lowest BCUT2D eigenvalue weighted by Crippen LogP contribution is -2.15. The minimum Gasteiger partial charge on any atom is -0.384 e. The highest BCUT2D eigenvalue weighted by molar-refractivity contribution is 6.08. The number of para-hydroxylation sites is 1. The van der Waals surface area contributed by atoms with Crippen LogP contribution in [0, 0.1) is 6.92 Å². The average molecular weight is 269 g/mol. The number of aromatic nitrogens is 1. The number of amides is 1. The van der Waals surface area contributed by atoms with E-state index in [1.807, 2.05) is 37.3 Å². The maximum atomic E-state index is 12.3. The maximum Gasteiger partial charge on any atom is 0.257 e. The lowest BCUT2D eigenvalue weighted by molar-refractivity contribution is 0.102. The predicted molar refractivity (Wildman–Crippen MR) is 82.1 cm³/mol. The van der Waals surface area contributed by atoms with Crippen LogP contribution in [0.1, 0.15) is 29.4 Å². The summed E-state index contributed by atoms with van der Waals surface area (Å²) in [5, 5.41) is 6.16. The highest BCUT2D eigenvalue weighted by Crippen LogP contribution is 2.17. The van der Waals surface area contributed by atoms with Crippen molar-refractivity contribution in [1.29, 1.82) is 0 Å². The van der Waals surface area contributed by atoms with E-state index in [2.05, 4.69) is 22.5 Å². The number of carbonyl (C=O) groups excluding carboxylic acids is 1. The van der Waals surface area contributed by atoms with Gasteiger partial charge in [0.15, 0.2) is 0 Å². The van der Waals surface area contributed by atoms with Crippen molar-refractivity contribution in [2.24, 2.45) is 0 Å². The van der Waals surface area contributed by atoms with Crippen LogP contribution >= 0.6 is 0 Å². The lowest BCUT2D eigenvalue weighted by Gasteiger charge is -2.11. The van der Waals surface area contributed by atoms with Crippen LogP contribution in [0.15, 0.2) is 42.6 Å². The number of carbonyl (C=O) groups is 1. The molecule has 1 aromatic carbocycles. The van der Waals surface area contributed by atoms with Crippen molar-refractivity contribution in [3.63, 3.8) is 0 Å². The first-order valence-electron chi connectivity index (χ1n) is 6.77. The van der Waals surface area contributed by atoms with E-state index in [1.165, 1.54) is 0 Å². The number of nitrogens with one attached hydrogen (secondary N) is 2. The maximum absolute atomic E-state index is 12.3. The Balaban J connectivity index is 2.16. The van der Waals surface area contributed by atoms with Crippen LogP contribution in [-0.4, -0.2) is 17.4 Å². The fraction of sp³-hybridized carbons (Fsp3) is 0.250. The van der Waals surface area contributed by atoms with E-state index in [-0.39, 0.29) is 5.91 Å². The second-order valence-corrected chi connectivity index (χ2v) is 4.61. The van der Waals surface area contributed by atoms with Crippen molar-refractivity contribution in [2.75, 3.05) is 17.2 Å². The largest absolute Gasteiger partial charge is 0.384 e. The number of anilines is 2. The van der Waals surface area contributed by atoms with Gasteiger partial charge >= 0.3 is 0 Å². The molecule has 1 aromatic heterocycles. The van der Waals surface area contributed by atoms with E-state index in [9.17, 15) is 4.79 Å². The Morgan fingerprint density at radius 2 is 2.05 bits per heavy atom. The number of nitrogens with zero attached hydrogens (tertiary/aromatic N) is 1. The summed E-state index contributed by atoms with van der Waals surface area (Å²) >= 11 is 0. The first-order chi connectivity index (χ1) is 9.70. The van der Waals surface area contributed by atoms with Gasteiger partial charge < -0.3 is 10.6 Å². The van der Waals surface area contributed by atoms with Crippen molar-refractivity contribution >= 4 is 17.3 Å². The zero-order valence-corrected chi connectivity index (χ0v) is 11.8. The van der Waals surface area contributed by atoms with E-state index in [0.29, 0.717) is 5.56 Å². The zero-order chi connectivity index (χ0) is 14.4. The second kappa shape index (κ2) is 6.70. The summed E-state index contributed by atoms with van der Waals surface area (Å²) in [7, 11) is 0. The minimum absolute atomic E-state index is 0.116. The fourth-order valence-electron chi connectivity index (χ4n) is 1.92. The van der Waals surface area contributed by atoms with Crippen molar-refractivity contribution < 1.29 is 4.79 Å². The first-order valence-corrected chi connectivity index (χ1v) is 6.77. The molecule has 0 bridgehead atoms. The number of pyridine rings is 1. The molecule has 0 saturated heterocycles. The Bertz CT molecular complexity index is 596. The van der Waals surface area contributed by atoms with E-state index < -0.39 is 0 Å². The van der Waals surface area contributed by atoms with Crippen LogP contribution in [-0.2, 0) is 0 Å². The molecule has 20 heavy (non-hydrogen) atoms. The third kappa shape index (κ3) is 3.57. The standard InChI is InChI=1S/C16H19N3O/c1-3-9-18-15-7-5-4-6-14(15)16(20)19-13-8-10-17-12(2)11-13/h4-8,10-11,18H,3,9H2,1-2H3,(H,17,19,20). The van der Waals surface area contributed by atoms with Crippen molar-refractivity contribution in [3.8, 4) is 0 Å². The Labute approximate surface area is 119 Å². The predicted octanol–water partition coefficient (Wildman–Crippen LogP) is 3.46. The molecule has 2 aromatic rings. The molecule has 4 heteroatoms. The smallest absolute Gasteiger partial charge is 0.257 e. The van der Waals surface area contributed by atoms with Crippen molar-refractivity contribution in [2.45, 2.75) is 20.3 Å². The second-order valence-electron chi connectivity index (χ2n) is 4.61. The molecule has 0 aliphatic rings. The van der Waals surface area contributed by atoms with E-state index in [1.54, 1.807) is 12.3 Å². The Hall–Kier alpha value is -2.36. The van der Waals surface area contributed by atoms with Gasteiger partial charge in [-0.1, -0.05) is 19.1 Å². The summed E-state index contributed by atoms with van der Waals surface area (Å²) in [5.41, 5.74) is 3.14. The Morgan fingerprint density at radius 3 is 2.80 bits per heavy atom. The van der Waals surface area contributed by atoms with E-state index >= 15 is 0 Å². The lowest BCUT2D eigenvalue weighted by atomic mass is 10.1. The third-order valence-electron chi connectivity index (χ3n) is 2.89. The zero-order valence-electron chi connectivity index (χ0n) is 11.8. The molecule has 2 N–H and O–H groups in total. The van der Waals surface area contributed by atoms with Gasteiger partial charge in [-0.05, 0) is 37.6 Å². The summed E-state index contributed by atoms with van der Waals surface area (Å²) in [6.45, 7) is 4.83. The van der Waals surface area contributed by atoms with Gasteiger partial charge in [-0.25, -0.2) is 0 Å². The molecule has 0 unspecified atom stereocenters. The van der Waals surface area contributed by atoms with Gasteiger partial charge in [0.25, 0.3) is 5.91 Å². The highest BCUT2D eigenvalue weighted by atomic mass is 16.1. The summed E-state index contributed by atoms with van der Waals surface area (Å²) in [6.07, 6.45) is 2.70. The summed E-state index contributed by atoms with van der Waals surface area (Å²) in [5.74, 6) is -0.116. The number of aryl methyl sites for hydroxylation is 1. The highest BCUT2D eigenvalue weighted by Gasteiger charge is 2.10. The topological polar surface area (TPSA) is 54.0 Å². The molecule has 0 aliphatic heterocycles. The first kappa shape index (κ1) is 14.1. The number of hydrogen-bond acceptors (Lipinski definition) is 3. The normalized spacial score (nSPS) is 10.1. The molecular formula is C16H19N3O. The van der Waals surface area contributed by atoms with Crippen molar-refractivity contribution in [1.82, 2.24) is 4.98 Å². The quantitative estimate of drug-likeness (QED) is 0.874. The number of benzene rings is 1. The van der Waals surface area contributed by atoms with Gasteiger partial charge in [0, 0.05) is 29.8 Å². The SMILES string of the molecule is CCCNc1ccccc1C(=O)Nc1ccnc(C)c1. The molecule has 1 heterocycles. The number of hydrogen-bond donors (Lipinski definition) is 2. The van der Waals surface area contributed by atoms with Crippen molar-refractivity contribution in [3.05, 3.63) is 53.9 Å². The molecule has 0 atom stereocenters. The summed E-state index contributed by atoms with van der Waals surface area (Å²) in [4.78, 5) is 16.5. The third-order valence-corrected chi connectivity index (χ3v) is 2.89. The summed E-state index contributed by atoms with van der Waals surface area (Å²) in [6, 6.07) is 11.2. The molecule has 4 nitrogen and oxygen atoms in total. The van der Waals surface area contributed by atoms with Gasteiger partial charge in [0.2, 0.25) is 0 Å². The van der Waals surface area contributed by atoms with Crippen LogP contribution in [0.3, 0.4) is 0 Å². The monoisotopic (exact) mass is 269 g/mol. The molecule has 2 rings (SSSR count). The van der Waals surface area contributed by atoms with Crippen LogP contribution in [0.4, 0.5) is 11.4 Å². The average Bonchev–Trinajstić information content (AvgIpc) is 2.45. The molecular weight excluding hydrogens is 250 g/mol. The van der Waals surface area contributed by atoms with Crippen LogP contribution in [0.2, 0.25) is 0 Å². The molecule has 0 radical (unpaired) electrons. The van der Waals surface area contributed by atoms with Crippen LogP contribution in [0.25, 0.3) is 0 Å². The van der Waals surface area contributed by atoms with Gasteiger partial charge in [0.05, 0.1) is 5.56 Å². The van der Waals surface area contributed by atoms with Gasteiger partial charge in [-0.15, -0.1) is 0 Å². The van der Waals surface area contributed by atoms with Gasteiger partial charge in [-0.2, -0.15) is 0 Å². The van der Waals surface area contributed by atoms with Crippen LogP contribution < -0.4 is 10.6 Å². The molecule has 0 aliphatic carbocycles. The molecule has 104 valence electrons. The summed E-state index contributed by atoms with van der Waals surface area (Å²) < 4.78 is 0.